The maximum Gasteiger partial charge on any atom is 0.247 e. The van der Waals surface area contributed by atoms with Crippen molar-refractivity contribution in [2.45, 2.75) is 38.1 Å². The highest BCUT2D eigenvalue weighted by Gasteiger charge is 2.34. The molecule has 3 aromatic rings. The molecule has 0 aliphatic carbocycles. The summed E-state index contributed by atoms with van der Waals surface area (Å²) in [5.74, 6) is 0.499. The lowest BCUT2D eigenvalue weighted by molar-refractivity contribution is -0.118. The molecule has 2 aromatic carbocycles. The molecule has 0 radical (unpaired) electrons. The quantitative estimate of drug-likeness (QED) is 0.423. The number of aromatic nitrogens is 3. The van der Waals surface area contributed by atoms with Gasteiger partial charge >= 0.3 is 0 Å². The summed E-state index contributed by atoms with van der Waals surface area (Å²) in [5, 5.41) is 9.12. The third-order valence-corrected chi connectivity index (χ3v) is 5.64. The van der Waals surface area contributed by atoms with Gasteiger partial charge in [0.2, 0.25) is 23.2 Å². The van der Waals surface area contributed by atoms with Gasteiger partial charge in [0.15, 0.2) is 5.69 Å². The predicted octanol–water partition coefficient (Wildman–Crippen LogP) is 5.01. The summed E-state index contributed by atoms with van der Waals surface area (Å²) in [5.41, 5.74) is 2.26. The number of carbonyl (C=O) groups is 1. The highest BCUT2D eigenvalue weighted by atomic mass is 32.2. The zero-order valence-corrected chi connectivity index (χ0v) is 17.5. The van der Waals surface area contributed by atoms with Crippen molar-refractivity contribution < 1.29 is 13.9 Å². The number of anilines is 1. The summed E-state index contributed by atoms with van der Waals surface area (Å²) in [6.07, 6.45) is 1.23. The topological polar surface area (TPSA) is 68.2 Å². The SMILES string of the molecule is CCCCSc1nnc2c(n1)O[C@H](c1cccc(F)c1)N(C(C)=O)c1ccccc1-2. The summed E-state index contributed by atoms with van der Waals surface area (Å²) in [6, 6.07) is 13.4. The van der Waals surface area contributed by atoms with E-state index in [2.05, 4.69) is 22.1 Å². The second kappa shape index (κ2) is 8.79. The number of hydrogen-bond donors (Lipinski definition) is 0. The summed E-state index contributed by atoms with van der Waals surface area (Å²) in [7, 11) is 0. The molecule has 1 amide bonds. The first-order valence-electron chi connectivity index (χ1n) is 9.77. The third-order valence-electron chi connectivity index (χ3n) is 4.71. The van der Waals surface area contributed by atoms with Crippen LogP contribution in [0.4, 0.5) is 10.1 Å². The van der Waals surface area contributed by atoms with E-state index in [1.54, 1.807) is 12.1 Å². The second-order valence-corrected chi connectivity index (χ2v) is 7.94. The van der Waals surface area contributed by atoms with Gasteiger partial charge in [-0.15, -0.1) is 10.2 Å². The van der Waals surface area contributed by atoms with Crippen molar-refractivity contribution in [2.24, 2.45) is 0 Å². The van der Waals surface area contributed by atoms with Gasteiger partial charge in [0.05, 0.1) is 5.69 Å². The van der Waals surface area contributed by atoms with Crippen molar-refractivity contribution >= 4 is 23.4 Å². The van der Waals surface area contributed by atoms with E-state index in [0.29, 0.717) is 27.7 Å². The molecule has 4 rings (SSSR count). The van der Waals surface area contributed by atoms with Crippen LogP contribution in [0.2, 0.25) is 0 Å². The normalized spacial score (nSPS) is 15.0. The molecule has 1 aliphatic rings. The van der Waals surface area contributed by atoms with Gasteiger partial charge in [-0.05, 0) is 24.6 Å². The number of ether oxygens (including phenoxy) is 1. The van der Waals surface area contributed by atoms with E-state index in [1.165, 1.54) is 35.7 Å². The minimum Gasteiger partial charge on any atom is -0.447 e. The summed E-state index contributed by atoms with van der Waals surface area (Å²) >= 11 is 1.51. The van der Waals surface area contributed by atoms with Gasteiger partial charge in [-0.3, -0.25) is 9.69 Å². The number of thioether (sulfide) groups is 1. The second-order valence-electron chi connectivity index (χ2n) is 6.88. The van der Waals surface area contributed by atoms with Crippen LogP contribution in [0.5, 0.6) is 5.88 Å². The molecule has 0 saturated carbocycles. The molecule has 0 bridgehead atoms. The molecular formula is C22H21FN4O2S. The maximum absolute atomic E-state index is 14.0. The fraction of sp³-hybridized carbons (Fsp3) is 0.273. The molecule has 154 valence electrons. The summed E-state index contributed by atoms with van der Waals surface area (Å²) < 4.78 is 20.2. The lowest BCUT2D eigenvalue weighted by atomic mass is 10.1. The average Bonchev–Trinajstić information content (AvgIpc) is 2.88. The highest BCUT2D eigenvalue weighted by molar-refractivity contribution is 7.99. The first-order valence-corrected chi connectivity index (χ1v) is 10.8. The molecule has 0 unspecified atom stereocenters. The zero-order chi connectivity index (χ0) is 21.1. The Balaban J connectivity index is 1.86. The fourth-order valence-corrected chi connectivity index (χ4v) is 4.16. The van der Waals surface area contributed by atoms with Crippen LogP contribution in [0.1, 0.15) is 38.5 Å². The Morgan fingerprint density at radius 3 is 2.80 bits per heavy atom. The predicted molar refractivity (Wildman–Crippen MR) is 114 cm³/mol. The van der Waals surface area contributed by atoms with Crippen LogP contribution in [-0.4, -0.2) is 26.8 Å². The van der Waals surface area contributed by atoms with Crippen molar-refractivity contribution in [3.63, 3.8) is 0 Å². The van der Waals surface area contributed by atoms with Crippen molar-refractivity contribution in [3.8, 4) is 17.1 Å². The molecule has 30 heavy (non-hydrogen) atoms. The molecule has 1 atom stereocenters. The average molecular weight is 425 g/mol. The van der Waals surface area contributed by atoms with Gasteiger partial charge in [0.25, 0.3) is 0 Å². The molecule has 6 nitrogen and oxygen atoms in total. The number of carbonyl (C=O) groups excluding carboxylic acids is 1. The van der Waals surface area contributed by atoms with Crippen LogP contribution in [0.3, 0.4) is 0 Å². The fourth-order valence-electron chi connectivity index (χ4n) is 3.30. The largest absolute Gasteiger partial charge is 0.447 e. The van der Waals surface area contributed by atoms with Gasteiger partial charge in [0.1, 0.15) is 5.82 Å². The first kappa shape index (κ1) is 20.3. The number of amides is 1. The molecule has 0 saturated heterocycles. The molecule has 0 fully saturated rings. The third kappa shape index (κ3) is 4.00. The Morgan fingerprint density at radius 1 is 1.20 bits per heavy atom. The van der Waals surface area contributed by atoms with Crippen molar-refractivity contribution in [3.05, 3.63) is 59.9 Å². The van der Waals surface area contributed by atoms with Gasteiger partial charge in [-0.1, -0.05) is 55.4 Å². The van der Waals surface area contributed by atoms with Gasteiger partial charge in [-0.2, -0.15) is 4.98 Å². The van der Waals surface area contributed by atoms with E-state index in [-0.39, 0.29) is 11.8 Å². The van der Waals surface area contributed by atoms with Gasteiger partial charge in [-0.25, -0.2) is 4.39 Å². The van der Waals surface area contributed by atoms with E-state index in [0.717, 1.165) is 18.6 Å². The number of hydrogen-bond acceptors (Lipinski definition) is 6. The number of benzene rings is 2. The van der Waals surface area contributed by atoms with Crippen molar-refractivity contribution in [2.75, 3.05) is 10.7 Å². The van der Waals surface area contributed by atoms with Crippen LogP contribution in [-0.2, 0) is 4.79 Å². The maximum atomic E-state index is 14.0. The first-order chi connectivity index (χ1) is 14.6. The summed E-state index contributed by atoms with van der Waals surface area (Å²) in [4.78, 5) is 18.7. The number of fused-ring (bicyclic) bond motifs is 3. The van der Waals surface area contributed by atoms with E-state index in [4.69, 9.17) is 4.74 Å². The van der Waals surface area contributed by atoms with Crippen LogP contribution in [0.15, 0.2) is 53.7 Å². The Labute approximate surface area is 178 Å². The number of halogens is 1. The standard InChI is InChI=1S/C22H21FN4O2S/c1-3-4-12-30-22-24-20-19(25-26-22)17-10-5-6-11-18(17)27(14(2)28)21(29-20)15-8-7-9-16(23)13-15/h5-11,13,21H,3-4,12H2,1-2H3/t21-/m1/s1. The minimum absolute atomic E-state index is 0.241. The van der Waals surface area contributed by atoms with Crippen LogP contribution < -0.4 is 9.64 Å². The number of rotatable bonds is 5. The smallest absolute Gasteiger partial charge is 0.247 e. The van der Waals surface area contributed by atoms with E-state index >= 15 is 0 Å². The van der Waals surface area contributed by atoms with Crippen LogP contribution in [0, 0.1) is 5.82 Å². The lowest BCUT2D eigenvalue weighted by Crippen LogP contribution is -2.36. The Bertz CT molecular complexity index is 1080. The monoisotopic (exact) mass is 424 g/mol. The lowest BCUT2D eigenvalue weighted by Gasteiger charge is -2.29. The Kier molecular flexibility index (Phi) is 5.94. The molecular weight excluding hydrogens is 403 g/mol. The molecule has 0 spiro atoms. The van der Waals surface area contributed by atoms with E-state index in [9.17, 15) is 9.18 Å². The number of unbranched alkanes of at least 4 members (excludes halogenated alkanes) is 1. The van der Waals surface area contributed by atoms with Crippen molar-refractivity contribution in [1.82, 2.24) is 15.2 Å². The molecule has 1 aliphatic heterocycles. The summed E-state index contributed by atoms with van der Waals surface area (Å²) in [6.45, 7) is 3.57. The zero-order valence-electron chi connectivity index (χ0n) is 16.7. The van der Waals surface area contributed by atoms with Crippen LogP contribution in [0.25, 0.3) is 11.3 Å². The molecule has 8 heteroatoms. The highest BCUT2D eigenvalue weighted by Crippen LogP contribution is 2.43. The van der Waals surface area contributed by atoms with Crippen LogP contribution >= 0.6 is 11.8 Å². The molecule has 2 heterocycles. The van der Waals surface area contributed by atoms with Gasteiger partial charge in [0, 0.05) is 23.8 Å². The van der Waals surface area contributed by atoms with Crippen molar-refractivity contribution in [1.29, 1.82) is 0 Å². The van der Waals surface area contributed by atoms with E-state index in [1.807, 2.05) is 24.3 Å². The Hall–Kier alpha value is -3.00. The minimum atomic E-state index is -0.884. The Morgan fingerprint density at radius 2 is 2.03 bits per heavy atom. The number of para-hydroxylation sites is 1. The van der Waals surface area contributed by atoms with E-state index < -0.39 is 12.0 Å². The molecule has 1 aromatic heterocycles. The number of nitrogens with zero attached hydrogens (tertiary/aromatic N) is 4. The molecule has 0 N–H and O–H groups in total. The van der Waals surface area contributed by atoms with Gasteiger partial charge < -0.3 is 4.74 Å².